The van der Waals surface area contributed by atoms with Crippen LogP contribution in [0.2, 0.25) is 5.02 Å². The SMILES string of the molecule is COc1cc(Cl)c(CCN2CCNCC2)c(O)c1OC. The van der Waals surface area contributed by atoms with Crippen LogP contribution in [0, 0.1) is 0 Å². The second kappa shape index (κ2) is 7.02. The number of rotatable bonds is 5. The molecule has 0 aliphatic carbocycles. The van der Waals surface area contributed by atoms with Crippen molar-refractivity contribution < 1.29 is 14.6 Å². The number of piperazine rings is 1. The zero-order valence-corrected chi connectivity index (χ0v) is 12.7. The van der Waals surface area contributed by atoms with E-state index in [0.717, 1.165) is 32.7 Å². The van der Waals surface area contributed by atoms with Gasteiger partial charge in [-0.1, -0.05) is 11.6 Å². The summed E-state index contributed by atoms with van der Waals surface area (Å²) in [6.45, 7) is 4.92. The van der Waals surface area contributed by atoms with Gasteiger partial charge in [0.15, 0.2) is 11.5 Å². The first-order valence-electron chi connectivity index (χ1n) is 6.72. The number of methoxy groups -OCH3 is 2. The summed E-state index contributed by atoms with van der Waals surface area (Å²) in [4.78, 5) is 2.35. The van der Waals surface area contributed by atoms with Crippen molar-refractivity contribution in [3.63, 3.8) is 0 Å². The molecule has 1 heterocycles. The molecule has 0 saturated carbocycles. The lowest BCUT2D eigenvalue weighted by atomic mass is 10.1. The van der Waals surface area contributed by atoms with Gasteiger partial charge >= 0.3 is 0 Å². The maximum absolute atomic E-state index is 10.3. The van der Waals surface area contributed by atoms with Gasteiger partial charge in [-0.15, -0.1) is 0 Å². The number of phenolic OH excluding ortho intramolecular Hbond substituents is 1. The zero-order chi connectivity index (χ0) is 14.5. The van der Waals surface area contributed by atoms with Crippen LogP contribution in [0.1, 0.15) is 5.56 Å². The second-order valence-electron chi connectivity index (χ2n) is 4.76. The summed E-state index contributed by atoms with van der Waals surface area (Å²) in [5, 5.41) is 14.1. The predicted octanol–water partition coefficient (Wildman–Crippen LogP) is 1.51. The summed E-state index contributed by atoms with van der Waals surface area (Å²) in [6.07, 6.45) is 0.686. The maximum Gasteiger partial charge on any atom is 0.203 e. The van der Waals surface area contributed by atoms with Crippen LogP contribution in [0.3, 0.4) is 0 Å². The van der Waals surface area contributed by atoms with Gasteiger partial charge in [0.25, 0.3) is 0 Å². The molecule has 0 spiro atoms. The average molecular weight is 301 g/mol. The lowest BCUT2D eigenvalue weighted by molar-refractivity contribution is 0.242. The first-order valence-corrected chi connectivity index (χ1v) is 7.10. The van der Waals surface area contributed by atoms with Crippen molar-refractivity contribution in [2.24, 2.45) is 0 Å². The minimum Gasteiger partial charge on any atom is -0.504 e. The molecule has 2 rings (SSSR count). The van der Waals surface area contributed by atoms with E-state index in [0.29, 0.717) is 28.5 Å². The first kappa shape index (κ1) is 15.2. The number of nitrogens with one attached hydrogen (secondary N) is 1. The Balaban J connectivity index is 2.14. The third-order valence-electron chi connectivity index (χ3n) is 3.58. The van der Waals surface area contributed by atoms with Crippen molar-refractivity contribution in [2.75, 3.05) is 46.9 Å². The van der Waals surface area contributed by atoms with E-state index < -0.39 is 0 Å². The standard InChI is InChI=1S/C14H21ClN2O3/c1-19-12-9-11(15)10(13(18)14(12)20-2)3-6-17-7-4-16-5-8-17/h9,16,18H,3-8H2,1-2H3. The van der Waals surface area contributed by atoms with Gasteiger partial charge in [-0.2, -0.15) is 0 Å². The summed E-state index contributed by atoms with van der Waals surface area (Å²) in [7, 11) is 3.03. The van der Waals surface area contributed by atoms with E-state index in [2.05, 4.69) is 10.2 Å². The Kier molecular flexibility index (Phi) is 5.34. The zero-order valence-electron chi connectivity index (χ0n) is 11.9. The van der Waals surface area contributed by atoms with Crippen molar-refractivity contribution >= 4 is 11.6 Å². The molecule has 112 valence electrons. The number of benzene rings is 1. The molecule has 0 amide bonds. The molecule has 0 aromatic heterocycles. The normalized spacial score (nSPS) is 16.1. The molecule has 2 N–H and O–H groups in total. The minimum absolute atomic E-state index is 0.0759. The Morgan fingerprint density at radius 1 is 1.30 bits per heavy atom. The molecule has 1 aliphatic heterocycles. The third-order valence-corrected chi connectivity index (χ3v) is 3.92. The molecule has 0 bridgehead atoms. The lowest BCUT2D eigenvalue weighted by Gasteiger charge is -2.27. The van der Waals surface area contributed by atoms with Gasteiger partial charge in [-0.05, 0) is 6.42 Å². The fraction of sp³-hybridized carbons (Fsp3) is 0.571. The second-order valence-corrected chi connectivity index (χ2v) is 5.17. The summed E-state index contributed by atoms with van der Waals surface area (Å²) in [5.41, 5.74) is 0.711. The fourth-order valence-electron chi connectivity index (χ4n) is 2.43. The molecule has 1 saturated heterocycles. The molecule has 6 heteroatoms. The predicted molar refractivity (Wildman–Crippen MR) is 79.2 cm³/mol. The van der Waals surface area contributed by atoms with Crippen LogP contribution in [-0.4, -0.2) is 56.9 Å². The summed E-state index contributed by atoms with van der Waals surface area (Å²) < 4.78 is 10.4. The third kappa shape index (κ3) is 3.29. The van der Waals surface area contributed by atoms with Crippen molar-refractivity contribution in [2.45, 2.75) is 6.42 Å². The van der Waals surface area contributed by atoms with E-state index in [4.69, 9.17) is 21.1 Å². The topological polar surface area (TPSA) is 54.0 Å². The average Bonchev–Trinajstić information content (AvgIpc) is 2.47. The summed E-state index contributed by atoms with van der Waals surface area (Å²) in [5.74, 6) is 0.861. The first-order chi connectivity index (χ1) is 9.67. The number of nitrogens with zero attached hydrogens (tertiary/aromatic N) is 1. The maximum atomic E-state index is 10.3. The molecular formula is C14H21ClN2O3. The summed E-state index contributed by atoms with van der Waals surface area (Å²) >= 11 is 6.23. The van der Waals surface area contributed by atoms with Crippen molar-refractivity contribution in [1.29, 1.82) is 0 Å². The number of aromatic hydroxyl groups is 1. The Morgan fingerprint density at radius 3 is 2.60 bits per heavy atom. The minimum atomic E-state index is 0.0759. The van der Waals surface area contributed by atoms with Crippen LogP contribution in [0.5, 0.6) is 17.2 Å². The Bertz CT molecular complexity index is 462. The molecule has 1 aromatic rings. The smallest absolute Gasteiger partial charge is 0.203 e. The summed E-state index contributed by atoms with van der Waals surface area (Å²) in [6, 6.07) is 1.69. The molecule has 1 aliphatic rings. The number of halogens is 1. The van der Waals surface area contributed by atoms with Crippen LogP contribution in [0.25, 0.3) is 0 Å². The van der Waals surface area contributed by atoms with Gasteiger partial charge in [-0.25, -0.2) is 0 Å². The highest BCUT2D eigenvalue weighted by Gasteiger charge is 2.19. The van der Waals surface area contributed by atoms with E-state index in [1.54, 1.807) is 6.07 Å². The van der Waals surface area contributed by atoms with E-state index in [1.807, 2.05) is 0 Å². The van der Waals surface area contributed by atoms with Crippen LogP contribution < -0.4 is 14.8 Å². The van der Waals surface area contributed by atoms with Crippen molar-refractivity contribution in [3.05, 3.63) is 16.7 Å². The Labute approximate surface area is 124 Å². The van der Waals surface area contributed by atoms with E-state index in [-0.39, 0.29) is 5.75 Å². The number of hydrogen-bond acceptors (Lipinski definition) is 5. The van der Waals surface area contributed by atoms with Gasteiger partial charge in [0.05, 0.1) is 19.2 Å². The highest BCUT2D eigenvalue weighted by Crippen LogP contribution is 2.43. The van der Waals surface area contributed by atoms with Crippen molar-refractivity contribution in [1.82, 2.24) is 10.2 Å². The molecule has 0 radical (unpaired) electrons. The highest BCUT2D eigenvalue weighted by atomic mass is 35.5. The molecule has 1 aromatic carbocycles. The molecular weight excluding hydrogens is 280 g/mol. The monoisotopic (exact) mass is 300 g/mol. The van der Waals surface area contributed by atoms with Gasteiger partial charge in [0.2, 0.25) is 5.75 Å². The fourth-order valence-corrected chi connectivity index (χ4v) is 2.71. The van der Waals surface area contributed by atoms with Gasteiger partial charge in [0.1, 0.15) is 0 Å². The van der Waals surface area contributed by atoms with E-state index in [9.17, 15) is 5.11 Å². The quantitative estimate of drug-likeness (QED) is 0.863. The number of ether oxygens (including phenoxy) is 2. The molecule has 20 heavy (non-hydrogen) atoms. The molecule has 0 unspecified atom stereocenters. The lowest BCUT2D eigenvalue weighted by Crippen LogP contribution is -2.44. The highest BCUT2D eigenvalue weighted by molar-refractivity contribution is 6.31. The largest absolute Gasteiger partial charge is 0.504 e. The molecule has 0 atom stereocenters. The Hall–Kier alpha value is -1.17. The van der Waals surface area contributed by atoms with Crippen LogP contribution in [-0.2, 0) is 6.42 Å². The van der Waals surface area contributed by atoms with Crippen molar-refractivity contribution in [3.8, 4) is 17.2 Å². The Morgan fingerprint density at radius 2 is 2.00 bits per heavy atom. The van der Waals surface area contributed by atoms with Crippen LogP contribution in [0.4, 0.5) is 0 Å². The molecule has 1 fully saturated rings. The van der Waals surface area contributed by atoms with Crippen LogP contribution in [0.15, 0.2) is 6.07 Å². The number of hydrogen-bond donors (Lipinski definition) is 2. The van der Waals surface area contributed by atoms with Gasteiger partial charge < -0.3 is 24.8 Å². The van der Waals surface area contributed by atoms with Gasteiger partial charge in [0, 0.05) is 44.4 Å². The van der Waals surface area contributed by atoms with Gasteiger partial charge in [-0.3, -0.25) is 0 Å². The van der Waals surface area contributed by atoms with E-state index >= 15 is 0 Å². The molecule has 5 nitrogen and oxygen atoms in total. The number of phenols is 1. The van der Waals surface area contributed by atoms with E-state index in [1.165, 1.54) is 14.2 Å². The van der Waals surface area contributed by atoms with Crippen LogP contribution >= 0.6 is 11.6 Å².